The molecule has 0 atom stereocenters. The second-order valence-electron chi connectivity index (χ2n) is 4.36. The lowest BCUT2D eigenvalue weighted by molar-refractivity contribution is -0.141. The highest BCUT2D eigenvalue weighted by Crippen LogP contribution is 2.37. The number of alkyl halides is 3. The Bertz CT molecular complexity index is 690. The number of carboxylic acid groups (broad SMARTS) is 1. The van der Waals surface area contributed by atoms with Crippen LogP contribution in [-0.4, -0.2) is 25.8 Å². The molecular formula is C11H8F3N3O2S. The molecule has 0 radical (unpaired) electrons. The molecule has 1 aliphatic rings. The number of rotatable bonds is 2. The molecule has 0 spiro atoms. The molecule has 1 aliphatic carbocycles. The Morgan fingerprint density at radius 2 is 2.15 bits per heavy atom. The van der Waals surface area contributed by atoms with E-state index in [0.29, 0.717) is 25.0 Å². The molecule has 0 aromatic carbocycles. The predicted molar refractivity (Wildman–Crippen MR) is 63.2 cm³/mol. The third-order valence-electron chi connectivity index (χ3n) is 3.09. The van der Waals surface area contributed by atoms with Gasteiger partial charge in [0.15, 0.2) is 11.4 Å². The SMILES string of the molecule is O=C(O)c1csc(-n2nc(C(F)(F)F)c3c2CCC3)n1. The summed E-state index contributed by atoms with van der Waals surface area (Å²) in [5.41, 5.74) is -0.411. The van der Waals surface area contributed by atoms with E-state index in [2.05, 4.69) is 10.1 Å². The second-order valence-corrected chi connectivity index (χ2v) is 5.19. The highest BCUT2D eigenvalue weighted by Gasteiger charge is 2.40. The van der Waals surface area contributed by atoms with Crippen LogP contribution in [0.1, 0.15) is 33.9 Å². The van der Waals surface area contributed by atoms with Crippen molar-refractivity contribution < 1.29 is 23.1 Å². The topological polar surface area (TPSA) is 68.0 Å². The maximum absolute atomic E-state index is 12.9. The zero-order valence-corrected chi connectivity index (χ0v) is 10.8. The number of thiazole rings is 1. The van der Waals surface area contributed by atoms with Gasteiger partial charge in [0.05, 0.1) is 5.69 Å². The minimum atomic E-state index is -4.51. The highest BCUT2D eigenvalue weighted by molar-refractivity contribution is 7.12. The van der Waals surface area contributed by atoms with Crippen LogP contribution in [0.5, 0.6) is 0 Å². The average molecular weight is 303 g/mol. The summed E-state index contributed by atoms with van der Waals surface area (Å²) in [7, 11) is 0. The molecule has 3 rings (SSSR count). The summed E-state index contributed by atoms with van der Waals surface area (Å²) in [5, 5.41) is 13.8. The van der Waals surface area contributed by atoms with Crippen molar-refractivity contribution in [2.45, 2.75) is 25.4 Å². The van der Waals surface area contributed by atoms with Crippen LogP contribution in [0.3, 0.4) is 0 Å². The number of carbonyl (C=O) groups is 1. The maximum atomic E-state index is 12.9. The van der Waals surface area contributed by atoms with E-state index in [-0.39, 0.29) is 16.4 Å². The third-order valence-corrected chi connectivity index (χ3v) is 3.91. The molecule has 2 aromatic heterocycles. The molecule has 20 heavy (non-hydrogen) atoms. The summed E-state index contributed by atoms with van der Waals surface area (Å²) in [4.78, 5) is 14.6. The van der Waals surface area contributed by atoms with Crippen LogP contribution in [0.15, 0.2) is 5.38 Å². The Hall–Kier alpha value is -1.90. The van der Waals surface area contributed by atoms with Crippen LogP contribution in [-0.2, 0) is 19.0 Å². The van der Waals surface area contributed by atoms with Gasteiger partial charge in [-0.3, -0.25) is 0 Å². The maximum Gasteiger partial charge on any atom is 0.435 e. The Morgan fingerprint density at radius 3 is 2.75 bits per heavy atom. The number of hydrogen-bond acceptors (Lipinski definition) is 4. The normalized spacial score (nSPS) is 14.6. The van der Waals surface area contributed by atoms with Crippen molar-refractivity contribution in [3.63, 3.8) is 0 Å². The Kier molecular flexibility index (Phi) is 2.82. The van der Waals surface area contributed by atoms with E-state index in [1.165, 1.54) is 5.38 Å². The molecule has 0 saturated carbocycles. The van der Waals surface area contributed by atoms with Crippen molar-refractivity contribution in [3.8, 4) is 5.13 Å². The molecule has 0 fully saturated rings. The third kappa shape index (κ3) is 1.98. The minimum absolute atomic E-state index is 0.149. The molecule has 2 heterocycles. The summed E-state index contributed by atoms with van der Waals surface area (Å²) in [6.07, 6.45) is -3.05. The first-order valence-electron chi connectivity index (χ1n) is 5.75. The van der Waals surface area contributed by atoms with E-state index in [9.17, 15) is 18.0 Å². The number of halogens is 3. The quantitative estimate of drug-likeness (QED) is 0.925. The summed E-state index contributed by atoms with van der Waals surface area (Å²) < 4.78 is 39.9. The van der Waals surface area contributed by atoms with E-state index in [0.717, 1.165) is 16.0 Å². The second kappa shape index (κ2) is 4.30. The molecule has 0 bridgehead atoms. The predicted octanol–water partition coefficient (Wildman–Crippen LogP) is 2.53. The number of aromatic nitrogens is 3. The number of aromatic carboxylic acids is 1. The van der Waals surface area contributed by atoms with Gasteiger partial charge in [-0.15, -0.1) is 11.3 Å². The summed E-state index contributed by atoms with van der Waals surface area (Å²) in [6, 6.07) is 0. The standard InChI is InChI=1S/C11H8F3N3O2S/c12-11(13,14)8-5-2-1-3-7(5)17(16-8)10-15-6(4-20-10)9(18)19/h4H,1-3H2,(H,18,19). The van der Waals surface area contributed by atoms with E-state index in [1.807, 2.05) is 0 Å². The summed E-state index contributed by atoms with van der Waals surface area (Å²) in [6.45, 7) is 0. The van der Waals surface area contributed by atoms with Crippen LogP contribution >= 0.6 is 11.3 Å². The molecular weight excluding hydrogens is 295 g/mol. The van der Waals surface area contributed by atoms with Crippen molar-refractivity contribution >= 4 is 17.3 Å². The van der Waals surface area contributed by atoms with E-state index < -0.39 is 17.8 Å². The molecule has 106 valence electrons. The Balaban J connectivity index is 2.12. The van der Waals surface area contributed by atoms with E-state index >= 15 is 0 Å². The zero-order valence-electron chi connectivity index (χ0n) is 9.94. The molecule has 9 heteroatoms. The molecule has 1 N–H and O–H groups in total. The summed E-state index contributed by atoms with van der Waals surface area (Å²) >= 11 is 0.962. The van der Waals surface area contributed by atoms with Gasteiger partial charge in [-0.1, -0.05) is 0 Å². The first-order chi connectivity index (χ1) is 9.38. The van der Waals surface area contributed by atoms with Gasteiger partial charge < -0.3 is 5.11 Å². The molecule has 5 nitrogen and oxygen atoms in total. The lowest BCUT2D eigenvalue weighted by Gasteiger charge is -2.03. The molecule has 2 aromatic rings. The smallest absolute Gasteiger partial charge is 0.435 e. The number of nitrogens with zero attached hydrogens (tertiary/aromatic N) is 3. The first-order valence-corrected chi connectivity index (χ1v) is 6.63. The van der Waals surface area contributed by atoms with Crippen molar-refractivity contribution in [2.24, 2.45) is 0 Å². The fraction of sp³-hybridized carbons (Fsp3) is 0.364. The monoisotopic (exact) mass is 303 g/mol. The molecule has 0 amide bonds. The van der Waals surface area contributed by atoms with Gasteiger partial charge in [0.1, 0.15) is 0 Å². The first kappa shape index (κ1) is 13.1. The molecule has 0 aliphatic heterocycles. The van der Waals surface area contributed by atoms with Crippen LogP contribution in [0.4, 0.5) is 13.2 Å². The van der Waals surface area contributed by atoms with Crippen molar-refractivity contribution in [1.82, 2.24) is 14.8 Å². The summed E-state index contributed by atoms with van der Waals surface area (Å²) in [5.74, 6) is -1.22. The van der Waals surface area contributed by atoms with Gasteiger partial charge in [0, 0.05) is 10.9 Å². The largest absolute Gasteiger partial charge is 0.476 e. The number of hydrogen-bond donors (Lipinski definition) is 1. The fourth-order valence-electron chi connectivity index (χ4n) is 2.28. The van der Waals surface area contributed by atoms with Crippen LogP contribution in [0.25, 0.3) is 5.13 Å². The van der Waals surface area contributed by atoms with Gasteiger partial charge in [0.2, 0.25) is 5.13 Å². The molecule has 0 saturated heterocycles. The fourth-order valence-corrected chi connectivity index (χ4v) is 3.06. The van der Waals surface area contributed by atoms with Crippen LogP contribution in [0, 0.1) is 0 Å². The average Bonchev–Trinajstić information content (AvgIpc) is 3.02. The van der Waals surface area contributed by atoms with Crippen LogP contribution < -0.4 is 0 Å². The lowest BCUT2D eigenvalue weighted by atomic mass is 10.2. The van der Waals surface area contributed by atoms with Crippen molar-refractivity contribution in [2.75, 3.05) is 0 Å². The van der Waals surface area contributed by atoms with Crippen LogP contribution in [0.2, 0.25) is 0 Å². The van der Waals surface area contributed by atoms with Crippen molar-refractivity contribution in [1.29, 1.82) is 0 Å². The molecule has 0 unspecified atom stereocenters. The minimum Gasteiger partial charge on any atom is -0.476 e. The Morgan fingerprint density at radius 1 is 1.40 bits per heavy atom. The van der Waals surface area contributed by atoms with E-state index in [4.69, 9.17) is 5.11 Å². The number of fused-ring (bicyclic) bond motifs is 1. The van der Waals surface area contributed by atoms with Gasteiger partial charge in [0.25, 0.3) is 0 Å². The van der Waals surface area contributed by atoms with Gasteiger partial charge >= 0.3 is 12.1 Å². The zero-order chi connectivity index (χ0) is 14.5. The Labute approximate surface area is 114 Å². The van der Waals surface area contributed by atoms with Gasteiger partial charge in [-0.05, 0) is 19.3 Å². The van der Waals surface area contributed by atoms with Gasteiger partial charge in [-0.25, -0.2) is 14.5 Å². The lowest BCUT2D eigenvalue weighted by Crippen LogP contribution is -2.10. The van der Waals surface area contributed by atoms with Gasteiger partial charge in [-0.2, -0.15) is 18.3 Å². The highest BCUT2D eigenvalue weighted by atomic mass is 32.1. The van der Waals surface area contributed by atoms with E-state index in [1.54, 1.807) is 0 Å². The van der Waals surface area contributed by atoms with Crippen molar-refractivity contribution in [3.05, 3.63) is 28.0 Å². The number of carboxylic acids is 1.